The molecule has 8 nitrogen and oxygen atoms in total. The summed E-state index contributed by atoms with van der Waals surface area (Å²) in [5.74, 6) is -0.274. The molecule has 0 bridgehead atoms. The number of hydrogen-bond donors (Lipinski definition) is 2. The van der Waals surface area contributed by atoms with Crippen LogP contribution in [0.5, 0.6) is 5.75 Å². The Morgan fingerprint density at radius 1 is 1.00 bits per heavy atom. The summed E-state index contributed by atoms with van der Waals surface area (Å²) in [6.07, 6.45) is 0.525. The Morgan fingerprint density at radius 2 is 1.62 bits per heavy atom. The number of rotatable bonds is 10. The third-order valence-corrected chi connectivity index (χ3v) is 5.58. The molecule has 0 saturated heterocycles. The molecule has 174 valence electrons. The standard InChI is InChI=1S/C23H30N2O6S/c1-23(2,3)18-6-8-19(9-7-18)30-15-13-22(27)31-16-21(26)25-14-12-17-4-10-20(11-5-17)32(24,28)29/h4-11H,12-16H2,1-3H3,(H,25,26)(H2,24,28,29). The van der Waals surface area contributed by atoms with Gasteiger partial charge in [-0.3, -0.25) is 9.59 Å². The lowest BCUT2D eigenvalue weighted by Gasteiger charge is -2.19. The molecular formula is C23H30N2O6S. The number of nitrogens with two attached hydrogens (primary N) is 1. The maximum Gasteiger partial charge on any atom is 0.309 e. The Labute approximate surface area is 189 Å². The van der Waals surface area contributed by atoms with Gasteiger partial charge in [-0.2, -0.15) is 0 Å². The van der Waals surface area contributed by atoms with Gasteiger partial charge in [-0.15, -0.1) is 0 Å². The molecule has 0 unspecified atom stereocenters. The Hall–Kier alpha value is -2.91. The van der Waals surface area contributed by atoms with E-state index in [4.69, 9.17) is 14.6 Å². The summed E-state index contributed by atoms with van der Waals surface area (Å²) in [7, 11) is -3.73. The van der Waals surface area contributed by atoms with Crippen LogP contribution in [0, 0.1) is 0 Å². The maximum absolute atomic E-state index is 11.8. The fraction of sp³-hybridized carbons (Fsp3) is 0.391. The number of esters is 1. The average molecular weight is 463 g/mol. The van der Waals surface area contributed by atoms with Crippen molar-refractivity contribution < 1.29 is 27.5 Å². The molecule has 2 rings (SSSR count). The van der Waals surface area contributed by atoms with Gasteiger partial charge in [0.2, 0.25) is 10.0 Å². The van der Waals surface area contributed by atoms with Gasteiger partial charge in [0, 0.05) is 6.54 Å². The summed E-state index contributed by atoms with van der Waals surface area (Å²) < 4.78 is 33.0. The van der Waals surface area contributed by atoms with E-state index in [1.807, 2.05) is 24.3 Å². The summed E-state index contributed by atoms with van der Waals surface area (Å²) in [6, 6.07) is 13.8. The molecule has 0 radical (unpaired) electrons. The zero-order valence-corrected chi connectivity index (χ0v) is 19.4. The number of carbonyl (C=O) groups excluding carboxylic acids is 2. The van der Waals surface area contributed by atoms with Crippen molar-refractivity contribution in [3.63, 3.8) is 0 Å². The minimum Gasteiger partial charge on any atom is -0.493 e. The Morgan fingerprint density at radius 3 is 2.19 bits per heavy atom. The zero-order valence-electron chi connectivity index (χ0n) is 18.6. The van der Waals surface area contributed by atoms with E-state index in [0.717, 1.165) is 5.56 Å². The Balaban J connectivity index is 1.62. The number of hydrogen-bond acceptors (Lipinski definition) is 6. The molecule has 2 aromatic carbocycles. The molecule has 0 fully saturated rings. The molecule has 9 heteroatoms. The number of carbonyl (C=O) groups is 2. The largest absolute Gasteiger partial charge is 0.493 e. The monoisotopic (exact) mass is 462 g/mol. The Bertz CT molecular complexity index is 1010. The lowest BCUT2D eigenvalue weighted by atomic mass is 9.87. The third-order valence-electron chi connectivity index (χ3n) is 4.65. The van der Waals surface area contributed by atoms with E-state index < -0.39 is 21.9 Å². The first-order valence-corrected chi connectivity index (χ1v) is 11.8. The number of sulfonamides is 1. The fourth-order valence-corrected chi connectivity index (χ4v) is 3.28. The summed E-state index contributed by atoms with van der Waals surface area (Å²) in [4.78, 5) is 23.6. The topological polar surface area (TPSA) is 125 Å². The second kappa shape index (κ2) is 11.1. The highest BCUT2D eigenvalue weighted by Gasteiger charge is 2.13. The molecule has 0 atom stereocenters. The van der Waals surface area contributed by atoms with Gasteiger partial charge < -0.3 is 14.8 Å². The van der Waals surface area contributed by atoms with Crippen LogP contribution < -0.4 is 15.2 Å². The van der Waals surface area contributed by atoms with Crippen LogP contribution in [0.15, 0.2) is 53.4 Å². The number of amides is 1. The number of benzene rings is 2. The molecular weight excluding hydrogens is 432 g/mol. The number of nitrogens with one attached hydrogen (secondary N) is 1. The van der Waals surface area contributed by atoms with Gasteiger partial charge in [-0.25, -0.2) is 13.6 Å². The van der Waals surface area contributed by atoms with Crippen LogP contribution in [0.4, 0.5) is 0 Å². The summed E-state index contributed by atoms with van der Waals surface area (Å²) in [5.41, 5.74) is 2.08. The number of ether oxygens (including phenoxy) is 2. The van der Waals surface area contributed by atoms with Crippen molar-refractivity contribution in [3.05, 3.63) is 59.7 Å². The van der Waals surface area contributed by atoms with Gasteiger partial charge in [-0.1, -0.05) is 45.0 Å². The molecule has 0 saturated carbocycles. The average Bonchev–Trinajstić information content (AvgIpc) is 2.72. The van der Waals surface area contributed by atoms with E-state index >= 15 is 0 Å². The smallest absolute Gasteiger partial charge is 0.309 e. The van der Waals surface area contributed by atoms with E-state index in [1.54, 1.807) is 12.1 Å². The second-order valence-electron chi connectivity index (χ2n) is 8.32. The highest BCUT2D eigenvalue weighted by molar-refractivity contribution is 7.89. The van der Waals surface area contributed by atoms with Crippen molar-refractivity contribution in [1.82, 2.24) is 5.32 Å². The SMILES string of the molecule is CC(C)(C)c1ccc(OCCC(=O)OCC(=O)NCCc2ccc(S(N)(=O)=O)cc2)cc1. The molecule has 0 aliphatic rings. The number of primary sulfonamides is 1. The minimum absolute atomic E-state index is 0.0306. The van der Waals surface area contributed by atoms with Gasteiger partial charge in [0.15, 0.2) is 6.61 Å². The van der Waals surface area contributed by atoms with Crippen LogP contribution in [0.25, 0.3) is 0 Å². The van der Waals surface area contributed by atoms with Gasteiger partial charge in [0.1, 0.15) is 5.75 Å². The van der Waals surface area contributed by atoms with E-state index in [0.29, 0.717) is 18.7 Å². The van der Waals surface area contributed by atoms with Crippen LogP contribution in [0.3, 0.4) is 0 Å². The summed E-state index contributed by atoms with van der Waals surface area (Å²) >= 11 is 0. The molecule has 1 amide bonds. The molecule has 0 aromatic heterocycles. The first kappa shape index (κ1) is 25.4. The highest BCUT2D eigenvalue weighted by atomic mass is 32.2. The molecule has 0 aliphatic carbocycles. The van der Waals surface area contributed by atoms with Crippen molar-refractivity contribution in [2.24, 2.45) is 5.14 Å². The maximum atomic E-state index is 11.8. The lowest BCUT2D eigenvalue weighted by molar-refractivity contribution is -0.149. The lowest BCUT2D eigenvalue weighted by Crippen LogP contribution is -2.30. The summed E-state index contributed by atoms with van der Waals surface area (Å²) in [6.45, 7) is 6.49. The van der Waals surface area contributed by atoms with Crippen LogP contribution in [-0.2, 0) is 36.2 Å². The van der Waals surface area contributed by atoms with Crippen molar-refractivity contribution in [3.8, 4) is 5.75 Å². The first-order valence-electron chi connectivity index (χ1n) is 10.2. The molecule has 0 spiro atoms. The zero-order chi connectivity index (χ0) is 23.8. The van der Waals surface area contributed by atoms with Crippen molar-refractivity contribution >= 4 is 21.9 Å². The van der Waals surface area contributed by atoms with Gasteiger partial charge >= 0.3 is 5.97 Å². The predicted molar refractivity (Wildman–Crippen MR) is 121 cm³/mol. The van der Waals surface area contributed by atoms with E-state index in [1.165, 1.54) is 17.7 Å². The van der Waals surface area contributed by atoms with Crippen LogP contribution in [0.2, 0.25) is 0 Å². The van der Waals surface area contributed by atoms with Crippen molar-refractivity contribution in [2.75, 3.05) is 19.8 Å². The van der Waals surface area contributed by atoms with E-state index in [9.17, 15) is 18.0 Å². The third kappa shape index (κ3) is 8.68. The highest BCUT2D eigenvalue weighted by Crippen LogP contribution is 2.24. The quantitative estimate of drug-likeness (QED) is 0.522. The molecule has 32 heavy (non-hydrogen) atoms. The van der Waals surface area contributed by atoms with Crippen LogP contribution in [0.1, 0.15) is 38.3 Å². The fourth-order valence-electron chi connectivity index (χ4n) is 2.76. The van der Waals surface area contributed by atoms with Crippen LogP contribution >= 0.6 is 0 Å². The van der Waals surface area contributed by atoms with E-state index in [2.05, 4.69) is 26.1 Å². The van der Waals surface area contributed by atoms with Crippen LogP contribution in [-0.4, -0.2) is 40.1 Å². The predicted octanol–water partition coefficient (Wildman–Crippen LogP) is 2.30. The van der Waals surface area contributed by atoms with Gasteiger partial charge in [0.25, 0.3) is 5.91 Å². The minimum atomic E-state index is -3.73. The second-order valence-corrected chi connectivity index (χ2v) is 9.88. The molecule has 3 N–H and O–H groups in total. The molecule has 0 heterocycles. The van der Waals surface area contributed by atoms with Gasteiger partial charge in [-0.05, 0) is 47.2 Å². The van der Waals surface area contributed by atoms with Crippen molar-refractivity contribution in [2.45, 2.75) is 43.9 Å². The molecule has 0 aliphatic heterocycles. The first-order chi connectivity index (χ1) is 14.9. The van der Waals surface area contributed by atoms with E-state index in [-0.39, 0.29) is 29.9 Å². The van der Waals surface area contributed by atoms with Gasteiger partial charge in [0.05, 0.1) is 17.9 Å². The summed E-state index contributed by atoms with van der Waals surface area (Å²) in [5, 5.41) is 7.69. The Kier molecular flexibility index (Phi) is 8.80. The molecule has 2 aromatic rings. The normalized spacial score (nSPS) is 11.6. The van der Waals surface area contributed by atoms with Crippen molar-refractivity contribution in [1.29, 1.82) is 0 Å².